The van der Waals surface area contributed by atoms with Crippen LogP contribution in [-0.2, 0) is 0 Å². The van der Waals surface area contributed by atoms with E-state index in [-0.39, 0.29) is 0 Å². The van der Waals surface area contributed by atoms with Gasteiger partial charge in [-0.2, -0.15) is 5.26 Å². The number of pyridine rings is 1. The Balaban J connectivity index is 2.41. The highest BCUT2D eigenvalue weighted by molar-refractivity contribution is 5.71. The Labute approximate surface area is 112 Å². The molecule has 0 aliphatic rings. The third-order valence-corrected chi connectivity index (χ3v) is 2.67. The highest BCUT2D eigenvalue weighted by atomic mass is 15.0. The lowest BCUT2D eigenvalue weighted by atomic mass is 10.1. The SMILES string of the molecule is CCCNc1cc(-c2cnc(C)nc2)c(C#N)cn1. The maximum Gasteiger partial charge on any atom is 0.126 e. The highest BCUT2D eigenvalue weighted by Crippen LogP contribution is 2.24. The lowest BCUT2D eigenvalue weighted by Crippen LogP contribution is -2.02. The molecular weight excluding hydrogens is 238 g/mol. The van der Waals surface area contributed by atoms with Gasteiger partial charge in [-0.1, -0.05) is 6.92 Å². The monoisotopic (exact) mass is 253 g/mol. The maximum atomic E-state index is 9.15. The van der Waals surface area contributed by atoms with Gasteiger partial charge >= 0.3 is 0 Å². The zero-order valence-corrected chi connectivity index (χ0v) is 11.0. The van der Waals surface area contributed by atoms with E-state index in [4.69, 9.17) is 5.26 Å². The summed E-state index contributed by atoms with van der Waals surface area (Å²) in [7, 11) is 0. The van der Waals surface area contributed by atoms with Crippen LogP contribution >= 0.6 is 0 Å². The molecule has 5 nitrogen and oxygen atoms in total. The fourth-order valence-electron chi connectivity index (χ4n) is 1.66. The summed E-state index contributed by atoms with van der Waals surface area (Å²) in [5.74, 6) is 1.47. The Bertz CT molecular complexity index is 598. The van der Waals surface area contributed by atoms with Gasteiger partial charge in [0.2, 0.25) is 0 Å². The zero-order chi connectivity index (χ0) is 13.7. The van der Waals surface area contributed by atoms with Crippen LogP contribution in [0.3, 0.4) is 0 Å². The molecule has 2 aromatic rings. The molecule has 0 fully saturated rings. The van der Waals surface area contributed by atoms with E-state index >= 15 is 0 Å². The summed E-state index contributed by atoms with van der Waals surface area (Å²) in [6, 6.07) is 4.01. The Morgan fingerprint density at radius 3 is 2.58 bits per heavy atom. The molecule has 2 aromatic heterocycles. The van der Waals surface area contributed by atoms with Crippen LogP contribution in [0.15, 0.2) is 24.7 Å². The number of hydrogen-bond acceptors (Lipinski definition) is 5. The number of nitriles is 1. The average molecular weight is 253 g/mol. The molecule has 0 radical (unpaired) electrons. The van der Waals surface area contributed by atoms with Crippen LogP contribution in [0.5, 0.6) is 0 Å². The lowest BCUT2D eigenvalue weighted by molar-refractivity contribution is 0.969. The van der Waals surface area contributed by atoms with Crippen LogP contribution in [0, 0.1) is 18.3 Å². The Hall–Kier alpha value is -2.48. The predicted octanol–water partition coefficient (Wildman–Crippen LogP) is 2.54. The summed E-state index contributed by atoms with van der Waals surface area (Å²) in [4.78, 5) is 12.5. The number of rotatable bonds is 4. The molecule has 0 spiro atoms. The van der Waals surface area contributed by atoms with Crippen LogP contribution in [-0.4, -0.2) is 21.5 Å². The first-order chi connectivity index (χ1) is 9.24. The number of nitrogens with one attached hydrogen (secondary N) is 1. The fraction of sp³-hybridized carbons (Fsp3) is 0.286. The van der Waals surface area contributed by atoms with Crippen molar-refractivity contribution in [1.82, 2.24) is 15.0 Å². The van der Waals surface area contributed by atoms with Crippen LogP contribution in [0.2, 0.25) is 0 Å². The molecule has 19 heavy (non-hydrogen) atoms. The average Bonchev–Trinajstić information content (AvgIpc) is 2.45. The first-order valence-electron chi connectivity index (χ1n) is 6.17. The fourth-order valence-corrected chi connectivity index (χ4v) is 1.66. The van der Waals surface area contributed by atoms with Crippen molar-refractivity contribution in [3.63, 3.8) is 0 Å². The Morgan fingerprint density at radius 1 is 1.21 bits per heavy atom. The summed E-state index contributed by atoms with van der Waals surface area (Å²) < 4.78 is 0. The molecule has 0 aliphatic carbocycles. The maximum absolute atomic E-state index is 9.15. The molecule has 0 saturated heterocycles. The molecule has 96 valence electrons. The van der Waals surface area contributed by atoms with Gasteiger partial charge in [0.05, 0.1) is 5.56 Å². The molecule has 2 rings (SSSR count). The van der Waals surface area contributed by atoms with Gasteiger partial charge in [0.1, 0.15) is 17.7 Å². The van der Waals surface area contributed by atoms with Gasteiger partial charge in [0, 0.05) is 36.3 Å². The van der Waals surface area contributed by atoms with Gasteiger partial charge in [0.15, 0.2) is 0 Å². The van der Waals surface area contributed by atoms with Crippen LogP contribution < -0.4 is 5.32 Å². The van der Waals surface area contributed by atoms with Crippen molar-refractivity contribution in [3.05, 3.63) is 36.0 Å². The molecule has 0 saturated carbocycles. The molecule has 0 bridgehead atoms. The third kappa shape index (κ3) is 3.05. The van der Waals surface area contributed by atoms with Crippen molar-refractivity contribution in [2.75, 3.05) is 11.9 Å². The molecule has 0 aliphatic heterocycles. The van der Waals surface area contributed by atoms with Crippen molar-refractivity contribution in [1.29, 1.82) is 5.26 Å². The van der Waals surface area contributed by atoms with Crippen molar-refractivity contribution < 1.29 is 0 Å². The molecule has 5 heteroatoms. The topological polar surface area (TPSA) is 74.5 Å². The van der Waals surface area contributed by atoms with E-state index in [1.165, 1.54) is 0 Å². The van der Waals surface area contributed by atoms with E-state index in [2.05, 4.69) is 33.3 Å². The highest BCUT2D eigenvalue weighted by Gasteiger charge is 2.08. The smallest absolute Gasteiger partial charge is 0.126 e. The second-order valence-electron chi connectivity index (χ2n) is 4.17. The first-order valence-corrected chi connectivity index (χ1v) is 6.17. The summed E-state index contributed by atoms with van der Waals surface area (Å²) in [6.45, 7) is 4.77. The van der Waals surface area contributed by atoms with E-state index in [1.54, 1.807) is 18.6 Å². The van der Waals surface area contributed by atoms with Gasteiger partial charge in [-0.05, 0) is 19.4 Å². The van der Waals surface area contributed by atoms with Crippen LogP contribution in [0.1, 0.15) is 24.7 Å². The summed E-state index contributed by atoms with van der Waals surface area (Å²) in [5.41, 5.74) is 2.15. The normalized spacial score (nSPS) is 9.95. The lowest BCUT2D eigenvalue weighted by Gasteiger charge is -2.08. The number of hydrogen-bond donors (Lipinski definition) is 1. The predicted molar refractivity (Wildman–Crippen MR) is 73.5 cm³/mol. The minimum absolute atomic E-state index is 0.523. The van der Waals surface area contributed by atoms with Gasteiger partial charge < -0.3 is 5.32 Å². The van der Waals surface area contributed by atoms with Gasteiger partial charge in [0.25, 0.3) is 0 Å². The summed E-state index contributed by atoms with van der Waals surface area (Å²) in [6.07, 6.45) is 6.04. The standard InChI is InChI=1S/C14H15N5/c1-3-4-16-14-5-13(11(6-15)7-19-14)12-8-17-10(2)18-9-12/h5,7-9H,3-4H2,1-2H3,(H,16,19). The second kappa shape index (κ2) is 5.91. The Kier molecular flexibility index (Phi) is 4.04. The second-order valence-corrected chi connectivity index (χ2v) is 4.17. The van der Waals surface area contributed by atoms with Gasteiger partial charge in [-0.25, -0.2) is 15.0 Å². The van der Waals surface area contributed by atoms with Crippen molar-refractivity contribution in [2.45, 2.75) is 20.3 Å². The molecule has 0 atom stereocenters. The molecule has 1 N–H and O–H groups in total. The number of aromatic nitrogens is 3. The molecule has 0 aromatic carbocycles. The number of nitrogens with zero attached hydrogens (tertiary/aromatic N) is 4. The third-order valence-electron chi connectivity index (χ3n) is 2.67. The largest absolute Gasteiger partial charge is 0.370 e. The van der Waals surface area contributed by atoms with Crippen molar-refractivity contribution in [2.24, 2.45) is 0 Å². The van der Waals surface area contributed by atoms with E-state index < -0.39 is 0 Å². The molecule has 2 heterocycles. The minimum atomic E-state index is 0.523. The molecular formula is C14H15N5. The quantitative estimate of drug-likeness (QED) is 0.906. The van der Waals surface area contributed by atoms with E-state index in [0.717, 1.165) is 29.9 Å². The number of anilines is 1. The van der Waals surface area contributed by atoms with Crippen molar-refractivity contribution >= 4 is 5.82 Å². The zero-order valence-electron chi connectivity index (χ0n) is 11.0. The van der Waals surface area contributed by atoms with Gasteiger partial charge in [-0.3, -0.25) is 0 Å². The van der Waals surface area contributed by atoms with E-state index in [1.807, 2.05) is 13.0 Å². The van der Waals surface area contributed by atoms with Crippen LogP contribution in [0.4, 0.5) is 5.82 Å². The molecule has 0 unspecified atom stereocenters. The number of aryl methyl sites for hydroxylation is 1. The minimum Gasteiger partial charge on any atom is -0.370 e. The Morgan fingerprint density at radius 2 is 1.95 bits per heavy atom. The summed E-state index contributed by atoms with van der Waals surface area (Å²) in [5, 5.41) is 12.4. The van der Waals surface area contributed by atoms with Crippen molar-refractivity contribution in [3.8, 4) is 17.2 Å². The van der Waals surface area contributed by atoms with E-state index in [0.29, 0.717) is 11.4 Å². The molecule has 0 amide bonds. The first kappa shape index (κ1) is 13.0. The van der Waals surface area contributed by atoms with E-state index in [9.17, 15) is 0 Å². The summed E-state index contributed by atoms with van der Waals surface area (Å²) >= 11 is 0. The van der Waals surface area contributed by atoms with Gasteiger partial charge in [-0.15, -0.1) is 0 Å². The van der Waals surface area contributed by atoms with Crippen LogP contribution in [0.25, 0.3) is 11.1 Å².